The molecule has 3 N–H and O–H groups in total. The van der Waals surface area contributed by atoms with Crippen molar-refractivity contribution in [3.05, 3.63) is 59.3 Å². The molecule has 6 nitrogen and oxygen atoms in total. The Hall–Kier alpha value is -3.15. The lowest BCUT2D eigenvalue weighted by Crippen LogP contribution is -2.41. The molecule has 0 aromatic heterocycles. The highest BCUT2D eigenvalue weighted by Gasteiger charge is 2.38. The smallest absolute Gasteiger partial charge is 0.326 e. The summed E-state index contributed by atoms with van der Waals surface area (Å²) in [7, 11) is 0. The highest BCUT2D eigenvalue weighted by atomic mass is 16.7. The van der Waals surface area contributed by atoms with Gasteiger partial charge in [-0.25, -0.2) is 4.79 Å². The van der Waals surface area contributed by atoms with Gasteiger partial charge in [-0.1, -0.05) is 18.2 Å². The van der Waals surface area contributed by atoms with E-state index in [4.69, 9.17) is 9.47 Å². The average molecular weight is 336 g/mol. The van der Waals surface area contributed by atoms with Crippen molar-refractivity contribution in [3.63, 3.8) is 0 Å². The molecule has 2 aromatic rings. The molecular formula is C19H16N2O4. The summed E-state index contributed by atoms with van der Waals surface area (Å²) in [6.45, 7) is 0.211. The van der Waals surface area contributed by atoms with E-state index >= 15 is 0 Å². The summed E-state index contributed by atoms with van der Waals surface area (Å²) in [5, 5.41) is 16.2. The fourth-order valence-corrected chi connectivity index (χ4v) is 3.78. The van der Waals surface area contributed by atoms with Gasteiger partial charge in [0.25, 0.3) is 0 Å². The van der Waals surface area contributed by atoms with Gasteiger partial charge in [-0.3, -0.25) is 0 Å². The second kappa shape index (κ2) is 5.17. The van der Waals surface area contributed by atoms with Gasteiger partial charge in [-0.05, 0) is 36.2 Å². The minimum absolute atomic E-state index is 0.0407. The molecule has 3 aliphatic rings. The Labute approximate surface area is 144 Å². The van der Waals surface area contributed by atoms with Crippen LogP contribution in [0.3, 0.4) is 0 Å². The summed E-state index contributed by atoms with van der Waals surface area (Å²) >= 11 is 0. The van der Waals surface area contributed by atoms with Crippen LogP contribution in [0.2, 0.25) is 0 Å². The van der Waals surface area contributed by atoms with Crippen LogP contribution in [0.5, 0.6) is 11.5 Å². The van der Waals surface area contributed by atoms with Crippen LogP contribution in [0.25, 0.3) is 5.70 Å². The Kier molecular flexibility index (Phi) is 2.94. The maximum Gasteiger partial charge on any atom is 0.326 e. The van der Waals surface area contributed by atoms with Crippen LogP contribution in [0, 0.1) is 0 Å². The second-order valence-electron chi connectivity index (χ2n) is 6.39. The van der Waals surface area contributed by atoms with Crippen molar-refractivity contribution in [3.8, 4) is 11.5 Å². The molecule has 6 heteroatoms. The van der Waals surface area contributed by atoms with Gasteiger partial charge in [-0.2, -0.15) is 0 Å². The van der Waals surface area contributed by atoms with Gasteiger partial charge < -0.3 is 25.2 Å². The van der Waals surface area contributed by atoms with Crippen molar-refractivity contribution >= 4 is 17.4 Å². The lowest BCUT2D eigenvalue weighted by molar-refractivity contribution is -0.139. The van der Waals surface area contributed by atoms with Gasteiger partial charge in [-0.15, -0.1) is 0 Å². The van der Waals surface area contributed by atoms with Crippen LogP contribution < -0.4 is 20.1 Å². The summed E-state index contributed by atoms with van der Waals surface area (Å²) in [5.41, 5.74) is 4.88. The first-order valence-electron chi connectivity index (χ1n) is 8.20. The molecule has 3 aliphatic heterocycles. The first-order valence-corrected chi connectivity index (χ1v) is 8.20. The van der Waals surface area contributed by atoms with Crippen molar-refractivity contribution in [2.24, 2.45) is 0 Å². The van der Waals surface area contributed by atoms with Gasteiger partial charge in [0.15, 0.2) is 11.5 Å². The molecular weight excluding hydrogens is 320 g/mol. The van der Waals surface area contributed by atoms with E-state index in [2.05, 4.69) is 16.7 Å². The Morgan fingerprint density at radius 1 is 1.12 bits per heavy atom. The molecule has 0 amide bonds. The molecule has 5 rings (SSSR count). The van der Waals surface area contributed by atoms with E-state index in [1.54, 1.807) is 0 Å². The first kappa shape index (κ1) is 14.2. The van der Waals surface area contributed by atoms with E-state index in [0.717, 1.165) is 28.2 Å². The zero-order valence-electron chi connectivity index (χ0n) is 13.3. The number of aliphatic carboxylic acids is 1. The number of rotatable bonds is 2. The number of para-hydroxylation sites is 1. The summed E-state index contributed by atoms with van der Waals surface area (Å²) in [5.74, 6) is 0.580. The van der Waals surface area contributed by atoms with Gasteiger partial charge in [0.1, 0.15) is 6.04 Å². The van der Waals surface area contributed by atoms with E-state index < -0.39 is 12.0 Å². The molecule has 3 heterocycles. The lowest BCUT2D eigenvalue weighted by atomic mass is 9.86. The molecule has 0 spiro atoms. The molecule has 0 fully saturated rings. The molecule has 0 saturated heterocycles. The predicted octanol–water partition coefficient (Wildman–Crippen LogP) is 2.74. The third-order valence-electron chi connectivity index (χ3n) is 4.97. The van der Waals surface area contributed by atoms with E-state index in [1.165, 1.54) is 0 Å². The van der Waals surface area contributed by atoms with Crippen molar-refractivity contribution in [2.45, 2.75) is 18.4 Å². The van der Waals surface area contributed by atoms with E-state index in [-0.39, 0.29) is 12.7 Å². The maximum absolute atomic E-state index is 11.7. The average Bonchev–Trinajstić information content (AvgIpc) is 3.24. The third-order valence-corrected chi connectivity index (χ3v) is 4.97. The predicted molar refractivity (Wildman–Crippen MR) is 91.5 cm³/mol. The molecule has 0 bridgehead atoms. The molecule has 126 valence electrons. The number of benzene rings is 2. The highest BCUT2D eigenvalue weighted by Crippen LogP contribution is 2.46. The van der Waals surface area contributed by atoms with Crippen LogP contribution in [-0.4, -0.2) is 23.9 Å². The summed E-state index contributed by atoms with van der Waals surface area (Å²) in [6.07, 6.45) is 0.517. The number of hydrogen-bond donors (Lipinski definition) is 3. The van der Waals surface area contributed by atoms with E-state index in [9.17, 15) is 9.90 Å². The van der Waals surface area contributed by atoms with Crippen LogP contribution in [0.1, 0.15) is 23.5 Å². The number of fused-ring (bicyclic) bond motifs is 4. The number of anilines is 1. The Morgan fingerprint density at radius 2 is 1.96 bits per heavy atom. The zero-order valence-corrected chi connectivity index (χ0v) is 13.3. The first-order chi connectivity index (χ1) is 12.2. The second-order valence-corrected chi connectivity index (χ2v) is 6.39. The van der Waals surface area contributed by atoms with Crippen molar-refractivity contribution in [2.75, 3.05) is 12.1 Å². The third kappa shape index (κ3) is 2.14. The van der Waals surface area contributed by atoms with Crippen LogP contribution in [-0.2, 0) is 4.79 Å². The van der Waals surface area contributed by atoms with Crippen molar-refractivity contribution in [1.29, 1.82) is 0 Å². The van der Waals surface area contributed by atoms with Crippen molar-refractivity contribution < 1.29 is 19.4 Å². The fourth-order valence-electron chi connectivity index (χ4n) is 3.78. The highest BCUT2D eigenvalue weighted by molar-refractivity contribution is 5.85. The molecule has 0 radical (unpaired) electrons. The van der Waals surface area contributed by atoms with Crippen LogP contribution in [0.4, 0.5) is 5.69 Å². The Morgan fingerprint density at radius 3 is 2.84 bits per heavy atom. The maximum atomic E-state index is 11.7. The van der Waals surface area contributed by atoms with E-state index in [0.29, 0.717) is 17.9 Å². The quantitative estimate of drug-likeness (QED) is 0.782. The van der Waals surface area contributed by atoms with E-state index in [1.807, 2.05) is 36.4 Å². The summed E-state index contributed by atoms with van der Waals surface area (Å²) in [6, 6.07) is 13.1. The monoisotopic (exact) mass is 336 g/mol. The van der Waals surface area contributed by atoms with Crippen molar-refractivity contribution in [1.82, 2.24) is 5.32 Å². The molecule has 2 atom stereocenters. The molecule has 1 unspecified atom stereocenters. The standard InChI is InChI=1S/C19H16N2O4/c22-19(23)14-8-12-11-3-1-2-4-13(11)20-18(12)17(21-14)10-5-6-15-16(7-10)25-9-24-15/h1-7,12,14,20-21H,8-9H2,(H,22,23)/t12?,14-/m1/s1. The normalized spacial score (nSPS) is 22.7. The zero-order chi connectivity index (χ0) is 17.0. The Balaban J connectivity index is 1.64. The SMILES string of the molecule is O=C(O)[C@H]1CC2C(=C(c3ccc4c(c3)OCO4)N1)Nc1ccccc12. The topological polar surface area (TPSA) is 79.8 Å². The molecule has 0 aliphatic carbocycles. The number of carboxylic acids is 1. The van der Waals surface area contributed by atoms with Gasteiger partial charge in [0.05, 0.1) is 5.70 Å². The number of hydrogen-bond acceptors (Lipinski definition) is 5. The fraction of sp³-hybridized carbons (Fsp3) is 0.211. The minimum atomic E-state index is -0.846. The molecule has 2 aromatic carbocycles. The van der Waals surface area contributed by atoms with Crippen LogP contribution >= 0.6 is 0 Å². The van der Waals surface area contributed by atoms with Gasteiger partial charge in [0.2, 0.25) is 6.79 Å². The molecule has 25 heavy (non-hydrogen) atoms. The molecule has 0 saturated carbocycles. The number of carboxylic acid groups (broad SMARTS) is 1. The van der Waals surface area contributed by atoms with Crippen LogP contribution in [0.15, 0.2) is 48.2 Å². The van der Waals surface area contributed by atoms with Gasteiger partial charge >= 0.3 is 5.97 Å². The van der Waals surface area contributed by atoms with Gasteiger partial charge in [0, 0.05) is 22.9 Å². The summed E-state index contributed by atoms with van der Waals surface area (Å²) < 4.78 is 10.8. The number of nitrogens with one attached hydrogen (secondary N) is 2. The number of ether oxygens (including phenoxy) is 2. The number of allylic oxidation sites excluding steroid dienone is 1. The summed E-state index contributed by atoms with van der Waals surface area (Å²) in [4.78, 5) is 11.7. The number of carbonyl (C=O) groups is 1. The minimum Gasteiger partial charge on any atom is -0.480 e. The largest absolute Gasteiger partial charge is 0.480 e. The Bertz CT molecular complexity index is 921. The lowest BCUT2D eigenvalue weighted by Gasteiger charge is -2.30.